The summed E-state index contributed by atoms with van der Waals surface area (Å²) >= 11 is 0. The van der Waals surface area contributed by atoms with Crippen LogP contribution in [-0.4, -0.2) is 31.3 Å². The predicted octanol–water partition coefficient (Wildman–Crippen LogP) is 1.77. The van der Waals surface area contributed by atoms with Gasteiger partial charge in [-0.3, -0.25) is 14.4 Å². The first kappa shape index (κ1) is 17.1. The summed E-state index contributed by atoms with van der Waals surface area (Å²) in [4.78, 5) is 34.2. The number of amides is 2. The lowest BCUT2D eigenvalue weighted by molar-refractivity contribution is -0.125. The van der Waals surface area contributed by atoms with E-state index in [1.807, 2.05) is 0 Å². The van der Waals surface area contributed by atoms with Crippen molar-refractivity contribution in [1.82, 2.24) is 5.32 Å². The maximum atomic E-state index is 12.8. The van der Waals surface area contributed by atoms with Gasteiger partial charge in [-0.05, 0) is 36.4 Å². The molecule has 0 spiro atoms. The number of hydrogen-bond donors (Lipinski definition) is 2. The van der Waals surface area contributed by atoms with Crippen LogP contribution in [0.15, 0.2) is 48.5 Å². The lowest BCUT2D eigenvalue weighted by Crippen LogP contribution is -2.35. The Morgan fingerprint density at radius 3 is 2.46 bits per heavy atom. The van der Waals surface area contributed by atoms with E-state index in [2.05, 4.69) is 10.6 Å². The van der Waals surface area contributed by atoms with Crippen LogP contribution in [0.4, 0.5) is 10.1 Å². The number of benzene rings is 2. The molecule has 0 aliphatic rings. The zero-order valence-electron chi connectivity index (χ0n) is 12.6. The molecule has 2 amide bonds. The molecule has 0 heterocycles. The maximum absolute atomic E-state index is 12.8. The van der Waals surface area contributed by atoms with Crippen molar-refractivity contribution < 1.29 is 23.5 Å². The molecule has 24 heavy (non-hydrogen) atoms. The Hall–Kier alpha value is -3.22. The van der Waals surface area contributed by atoms with Crippen molar-refractivity contribution in [3.05, 3.63) is 59.9 Å². The summed E-state index contributed by atoms with van der Waals surface area (Å²) < 4.78 is 18.0. The molecule has 2 aromatic carbocycles. The van der Waals surface area contributed by atoms with Crippen LogP contribution in [0, 0.1) is 5.82 Å². The van der Waals surface area contributed by atoms with Gasteiger partial charge in [0.15, 0.2) is 12.9 Å². The third kappa shape index (κ3) is 5.20. The Morgan fingerprint density at radius 2 is 1.75 bits per heavy atom. The highest BCUT2D eigenvalue weighted by molar-refractivity contribution is 5.94. The van der Waals surface area contributed by atoms with Gasteiger partial charge in [-0.25, -0.2) is 4.39 Å². The molecule has 2 N–H and O–H groups in total. The molecule has 0 fully saturated rings. The molecule has 2 aromatic rings. The van der Waals surface area contributed by atoms with Crippen molar-refractivity contribution in [3.63, 3.8) is 0 Å². The third-order valence-corrected chi connectivity index (χ3v) is 2.98. The van der Waals surface area contributed by atoms with E-state index in [0.29, 0.717) is 23.3 Å². The van der Waals surface area contributed by atoms with Crippen molar-refractivity contribution in [3.8, 4) is 5.75 Å². The van der Waals surface area contributed by atoms with Crippen molar-refractivity contribution >= 4 is 23.8 Å². The van der Waals surface area contributed by atoms with Gasteiger partial charge < -0.3 is 15.4 Å². The SMILES string of the molecule is O=Cc1ccccc1OCC(=O)NCC(=O)Nc1ccc(F)cc1. The third-order valence-electron chi connectivity index (χ3n) is 2.98. The second kappa shape index (κ2) is 8.42. The molecule has 0 saturated heterocycles. The first-order valence-corrected chi connectivity index (χ1v) is 7.07. The van der Waals surface area contributed by atoms with Crippen molar-refractivity contribution in [2.45, 2.75) is 0 Å². The predicted molar refractivity (Wildman–Crippen MR) is 85.4 cm³/mol. The topological polar surface area (TPSA) is 84.5 Å². The van der Waals surface area contributed by atoms with E-state index in [1.165, 1.54) is 24.3 Å². The Bertz CT molecular complexity index is 732. The molecule has 6 nitrogen and oxygen atoms in total. The highest BCUT2D eigenvalue weighted by Gasteiger charge is 2.08. The first-order valence-electron chi connectivity index (χ1n) is 7.07. The molecule has 0 atom stereocenters. The second-order valence-electron chi connectivity index (χ2n) is 4.78. The molecule has 124 valence electrons. The van der Waals surface area contributed by atoms with E-state index < -0.39 is 17.6 Å². The molecule has 0 bridgehead atoms. The van der Waals surface area contributed by atoms with E-state index in [9.17, 15) is 18.8 Å². The Balaban J connectivity index is 1.75. The van der Waals surface area contributed by atoms with Crippen LogP contribution in [0.5, 0.6) is 5.75 Å². The maximum Gasteiger partial charge on any atom is 0.258 e. The van der Waals surface area contributed by atoms with Crippen molar-refractivity contribution in [1.29, 1.82) is 0 Å². The van der Waals surface area contributed by atoms with E-state index in [-0.39, 0.29) is 13.2 Å². The number of para-hydroxylation sites is 1. The number of carbonyl (C=O) groups excluding carboxylic acids is 3. The van der Waals surface area contributed by atoms with E-state index in [0.717, 1.165) is 0 Å². The van der Waals surface area contributed by atoms with Crippen LogP contribution in [-0.2, 0) is 9.59 Å². The van der Waals surface area contributed by atoms with Gasteiger partial charge in [0.1, 0.15) is 11.6 Å². The van der Waals surface area contributed by atoms with E-state index in [1.54, 1.807) is 24.3 Å². The summed E-state index contributed by atoms with van der Waals surface area (Å²) in [7, 11) is 0. The molecule has 0 radical (unpaired) electrons. The van der Waals surface area contributed by atoms with Crippen LogP contribution >= 0.6 is 0 Å². The summed E-state index contributed by atoms with van der Waals surface area (Å²) in [6, 6.07) is 11.7. The van der Waals surface area contributed by atoms with Crippen molar-refractivity contribution in [2.24, 2.45) is 0 Å². The highest BCUT2D eigenvalue weighted by Crippen LogP contribution is 2.15. The lowest BCUT2D eigenvalue weighted by atomic mass is 10.2. The Labute approximate surface area is 137 Å². The molecule has 7 heteroatoms. The standard InChI is InChI=1S/C17H15FN2O4/c18-13-5-7-14(8-6-13)20-16(22)9-19-17(23)11-24-15-4-2-1-3-12(15)10-21/h1-8,10H,9,11H2,(H,19,23)(H,20,22). The van der Waals surface area contributed by atoms with Gasteiger partial charge in [0, 0.05) is 5.69 Å². The molecule has 0 saturated carbocycles. The summed E-state index contributed by atoms with van der Waals surface area (Å²) in [6.07, 6.45) is 0.628. The molecule has 2 rings (SSSR count). The van der Waals surface area contributed by atoms with Crippen LogP contribution in [0.1, 0.15) is 10.4 Å². The van der Waals surface area contributed by atoms with Crippen LogP contribution < -0.4 is 15.4 Å². The smallest absolute Gasteiger partial charge is 0.258 e. The average molecular weight is 330 g/mol. The Morgan fingerprint density at radius 1 is 1.04 bits per heavy atom. The number of anilines is 1. The van der Waals surface area contributed by atoms with Crippen molar-refractivity contribution in [2.75, 3.05) is 18.5 Å². The molecule has 0 aliphatic heterocycles. The van der Waals surface area contributed by atoms with E-state index in [4.69, 9.17) is 4.74 Å². The molecule has 0 aliphatic carbocycles. The van der Waals surface area contributed by atoms with Gasteiger partial charge in [-0.15, -0.1) is 0 Å². The summed E-state index contributed by atoms with van der Waals surface area (Å²) in [5, 5.41) is 4.89. The minimum Gasteiger partial charge on any atom is -0.483 e. The van der Waals surface area contributed by atoms with Gasteiger partial charge in [0.25, 0.3) is 5.91 Å². The quantitative estimate of drug-likeness (QED) is 0.758. The summed E-state index contributed by atoms with van der Waals surface area (Å²) in [5.74, 6) is -1.08. The number of halogens is 1. The van der Waals surface area contributed by atoms with Gasteiger partial charge in [0.05, 0.1) is 12.1 Å². The normalized spacial score (nSPS) is 9.88. The second-order valence-corrected chi connectivity index (χ2v) is 4.78. The zero-order chi connectivity index (χ0) is 17.4. The molecule has 0 unspecified atom stereocenters. The fourth-order valence-electron chi connectivity index (χ4n) is 1.82. The largest absolute Gasteiger partial charge is 0.483 e. The lowest BCUT2D eigenvalue weighted by Gasteiger charge is -2.09. The van der Waals surface area contributed by atoms with Gasteiger partial charge in [0.2, 0.25) is 5.91 Å². The minimum absolute atomic E-state index is 0.255. The number of aldehydes is 1. The first-order chi connectivity index (χ1) is 11.6. The average Bonchev–Trinajstić information content (AvgIpc) is 2.60. The molecule has 0 aromatic heterocycles. The molecular formula is C17H15FN2O4. The Kier molecular flexibility index (Phi) is 6.01. The summed E-state index contributed by atoms with van der Waals surface area (Å²) in [5.41, 5.74) is 0.756. The number of rotatable bonds is 7. The molecular weight excluding hydrogens is 315 g/mol. The van der Waals surface area contributed by atoms with E-state index >= 15 is 0 Å². The fourth-order valence-corrected chi connectivity index (χ4v) is 1.82. The van der Waals surface area contributed by atoms with Crippen LogP contribution in [0.3, 0.4) is 0 Å². The highest BCUT2D eigenvalue weighted by atomic mass is 19.1. The minimum atomic E-state index is -0.509. The van der Waals surface area contributed by atoms with Crippen LogP contribution in [0.2, 0.25) is 0 Å². The number of nitrogens with one attached hydrogen (secondary N) is 2. The monoisotopic (exact) mass is 330 g/mol. The number of ether oxygens (including phenoxy) is 1. The zero-order valence-corrected chi connectivity index (χ0v) is 12.6. The van der Waals surface area contributed by atoms with Gasteiger partial charge in [-0.1, -0.05) is 12.1 Å². The fraction of sp³-hybridized carbons (Fsp3) is 0.118. The number of hydrogen-bond acceptors (Lipinski definition) is 4. The van der Waals surface area contributed by atoms with Gasteiger partial charge >= 0.3 is 0 Å². The number of carbonyl (C=O) groups is 3. The van der Waals surface area contributed by atoms with Gasteiger partial charge in [-0.2, -0.15) is 0 Å². The van der Waals surface area contributed by atoms with Crippen LogP contribution in [0.25, 0.3) is 0 Å². The summed E-state index contributed by atoms with van der Waals surface area (Å²) in [6.45, 7) is -0.580.